The fourth-order valence-corrected chi connectivity index (χ4v) is 1.42. The van der Waals surface area contributed by atoms with Crippen LogP contribution in [0.1, 0.15) is 6.92 Å². The van der Waals surface area contributed by atoms with E-state index < -0.39 is 15.7 Å². The molecule has 2 atom stereocenters. The molecular weight excluding hydrogens is 244 g/mol. The van der Waals surface area contributed by atoms with Gasteiger partial charge in [0.05, 0.1) is 4.92 Å². The van der Waals surface area contributed by atoms with E-state index in [0.717, 1.165) is 0 Å². The van der Waals surface area contributed by atoms with E-state index in [1.165, 1.54) is 12.1 Å². The van der Waals surface area contributed by atoms with Gasteiger partial charge in [0.2, 0.25) is 5.82 Å². The second-order valence-corrected chi connectivity index (χ2v) is 5.35. The molecular formula is C9H14N4O3S. The molecule has 3 N–H and O–H groups in total. The van der Waals surface area contributed by atoms with Gasteiger partial charge in [0, 0.05) is 34.9 Å². The van der Waals surface area contributed by atoms with Gasteiger partial charge in [-0.05, 0) is 13.0 Å². The van der Waals surface area contributed by atoms with Crippen LogP contribution in [0.3, 0.4) is 0 Å². The van der Waals surface area contributed by atoms with Crippen LogP contribution < -0.4 is 11.1 Å². The number of pyridine rings is 1. The SMILES string of the molecule is CC(CNc1nc(N)ccc1[N+](=O)[O-])S(C)=O. The number of rotatable bonds is 5. The van der Waals surface area contributed by atoms with Crippen molar-refractivity contribution in [2.45, 2.75) is 12.2 Å². The number of nitrogens with zero attached hydrogens (tertiary/aromatic N) is 2. The van der Waals surface area contributed by atoms with Crippen molar-refractivity contribution in [1.29, 1.82) is 0 Å². The molecule has 0 saturated heterocycles. The van der Waals surface area contributed by atoms with E-state index in [-0.39, 0.29) is 22.6 Å². The summed E-state index contributed by atoms with van der Waals surface area (Å²) in [6.45, 7) is 2.11. The van der Waals surface area contributed by atoms with Crippen LogP contribution in [-0.4, -0.2) is 32.2 Å². The molecule has 0 aliphatic carbocycles. The smallest absolute Gasteiger partial charge is 0.311 e. The van der Waals surface area contributed by atoms with Gasteiger partial charge in [-0.3, -0.25) is 14.3 Å². The summed E-state index contributed by atoms with van der Waals surface area (Å²) in [7, 11) is -0.998. The Morgan fingerprint density at radius 2 is 2.29 bits per heavy atom. The van der Waals surface area contributed by atoms with Crippen molar-refractivity contribution in [2.24, 2.45) is 0 Å². The third kappa shape index (κ3) is 3.66. The maximum absolute atomic E-state index is 11.1. The van der Waals surface area contributed by atoms with Crippen LogP contribution in [0.5, 0.6) is 0 Å². The van der Waals surface area contributed by atoms with Crippen molar-refractivity contribution in [3.05, 3.63) is 22.2 Å². The van der Waals surface area contributed by atoms with Crippen LogP contribution >= 0.6 is 0 Å². The third-order valence-corrected chi connectivity index (χ3v) is 3.52. The molecule has 0 bridgehead atoms. The summed E-state index contributed by atoms with van der Waals surface area (Å²) in [5.74, 6) is 0.302. The molecule has 0 saturated carbocycles. The Labute approximate surface area is 101 Å². The Hall–Kier alpha value is -1.70. The molecule has 0 spiro atoms. The lowest BCUT2D eigenvalue weighted by Crippen LogP contribution is -2.21. The van der Waals surface area contributed by atoms with Crippen molar-refractivity contribution in [3.63, 3.8) is 0 Å². The van der Waals surface area contributed by atoms with E-state index >= 15 is 0 Å². The second-order valence-electron chi connectivity index (χ2n) is 3.55. The van der Waals surface area contributed by atoms with Crippen LogP contribution in [0.4, 0.5) is 17.3 Å². The predicted octanol–water partition coefficient (Wildman–Crippen LogP) is 0.751. The number of hydrogen-bond donors (Lipinski definition) is 2. The summed E-state index contributed by atoms with van der Waals surface area (Å²) < 4.78 is 11.1. The van der Waals surface area contributed by atoms with Crippen LogP contribution in [-0.2, 0) is 10.8 Å². The first-order chi connectivity index (χ1) is 7.91. The molecule has 94 valence electrons. The quantitative estimate of drug-likeness (QED) is 0.595. The van der Waals surface area contributed by atoms with Gasteiger partial charge in [-0.25, -0.2) is 4.98 Å². The highest BCUT2D eigenvalue weighted by atomic mass is 32.2. The number of nitrogens with one attached hydrogen (secondary N) is 1. The van der Waals surface area contributed by atoms with Gasteiger partial charge in [-0.1, -0.05) is 0 Å². The minimum absolute atomic E-state index is 0.104. The molecule has 7 nitrogen and oxygen atoms in total. The summed E-state index contributed by atoms with van der Waals surface area (Å²) in [6, 6.07) is 2.66. The highest BCUT2D eigenvalue weighted by Crippen LogP contribution is 2.22. The lowest BCUT2D eigenvalue weighted by molar-refractivity contribution is -0.384. The molecule has 0 fully saturated rings. The van der Waals surface area contributed by atoms with E-state index in [1.807, 2.05) is 0 Å². The number of nitrogens with two attached hydrogens (primary N) is 1. The van der Waals surface area contributed by atoms with Crippen molar-refractivity contribution in [1.82, 2.24) is 4.98 Å². The van der Waals surface area contributed by atoms with Crippen LogP contribution in [0.2, 0.25) is 0 Å². The van der Waals surface area contributed by atoms with Gasteiger partial charge < -0.3 is 11.1 Å². The van der Waals surface area contributed by atoms with Gasteiger partial charge in [-0.15, -0.1) is 0 Å². The fourth-order valence-electron chi connectivity index (χ4n) is 1.10. The van der Waals surface area contributed by atoms with Crippen LogP contribution in [0, 0.1) is 10.1 Å². The Balaban J connectivity index is 2.85. The van der Waals surface area contributed by atoms with Crippen LogP contribution in [0.25, 0.3) is 0 Å². The molecule has 0 amide bonds. The van der Waals surface area contributed by atoms with Gasteiger partial charge in [-0.2, -0.15) is 0 Å². The maximum Gasteiger partial charge on any atom is 0.311 e. The topological polar surface area (TPSA) is 111 Å². The zero-order valence-corrected chi connectivity index (χ0v) is 10.4. The lowest BCUT2D eigenvalue weighted by Gasteiger charge is -2.10. The molecule has 2 unspecified atom stereocenters. The minimum atomic E-state index is -0.998. The first kappa shape index (κ1) is 13.4. The second kappa shape index (κ2) is 5.58. The molecule has 8 heteroatoms. The van der Waals surface area contributed by atoms with Crippen molar-refractivity contribution in [3.8, 4) is 0 Å². The average Bonchev–Trinajstić information content (AvgIpc) is 2.25. The number of hydrogen-bond acceptors (Lipinski definition) is 6. The van der Waals surface area contributed by atoms with Gasteiger partial charge in [0.25, 0.3) is 0 Å². The first-order valence-electron chi connectivity index (χ1n) is 4.89. The molecule has 1 aromatic rings. The molecule has 1 aromatic heterocycles. The number of anilines is 2. The number of aromatic nitrogens is 1. The number of nitro groups is 1. The van der Waals surface area contributed by atoms with Gasteiger partial charge >= 0.3 is 5.69 Å². The van der Waals surface area contributed by atoms with E-state index in [9.17, 15) is 14.3 Å². The van der Waals surface area contributed by atoms with Gasteiger partial charge in [0.1, 0.15) is 5.82 Å². The molecule has 0 aliphatic heterocycles. The standard InChI is InChI=1S/C9H14N4O3S/c1-6(17(2)16)5-11-9-7(13(14)15)3-4-8(10)12-9/h3-4,6H,5H2,1-2H3,(H3,10,11,12). The minimum Gasteiger partial charge on any atom is -0.384 e. The molecule has 0 aliphatic rings. The Morgan fingerprint density at radius 1 is 1.65 bits per heavy atom. The molecule has 0 aromatic carbocycles. The number of nitrogen functional groups attached to an aromatic ring is 1. The Kier molecular flexibility index (Phi) is 4.38. The van der Waals surface area contributed by atoms with Crippen molar-refractivity contribution >= 4 is 28.1 Å². The van der Waals surface area contributed by atoms with E-state index in [0.29, 0.717) is 6.54 Å². The average molecular weight is 258 g/mol. The molecule has 1 heterocycles. The summed E-state index contributed by atoms with van der Waals surface area (Å²) in [6.07, 6.45) is 1.58. The van der Waals surface area contributed by atoms with Crippen molar-refractivity contribution in [2.75, 3.05) is 23.9 Å². The summed E-state index contributed by atoms with van der Waals surface area (Å²) in [5.41, 5.74) is 5.32. The fraction of sp³-hybridized carbons (Fsp3) is 0.444. The van der Waals surface area contributed by atoms with Crippen LogP contribution in [0.15, 0.2) is 12.1 Å². The predicted molar refractivity (Wildman–Crippen MR) is 67.3 cm³/mol. The molecule has 0 radical (unpaired) electrons. The molecule has 1 rings (SSSR count). The largest absolute Gasteiger partial charge is 0.384 e. The summed E-state index contributed by atoms with van der Waals surface area (Å²) in [5, 5.41) is 13.4. The summed E-state index contributed by atoms with van der Waals surface area (Å²) >= 11 is 0. The Bertz CT molecular complexity index is 452. The van der Waals surface area contributed by atoms with E-state index in [2.05, 4.69) is 10.3 Å². The van der Waals surface area contributed by atoms with Crippen molar-refractivity contribution < 1.29 is 9.13 Å². The van der Waals surface area contributed by atoms with Gasteiger partial charge in [0.15, 0.2) is 0 Å². The first-order valence-corrected chi connectivity index (χ1v) is 6.51. The maximum atomic E-state index is 11.1. The van der Waals surface area contributed by atoms with E-state index in [4.69, 9.17) is 5.73 Å². The lowest BCUT2D eigenvalue weighted by atomic mass is 10.3. The monoisotopic (exact) mass is 258 g/mol. The third-order valence-electron chi connectivity index (χ3n) is 2.22. The highest BCUT2D eigenvalue weighted by Gasteiger charge is 2.16. The zero-order chi connectivity index (χ0) is 13.0. The molecule has 17 heavy (non-hydrogen) atoms. The van der Waals surface area contributed by atoms with E-state index in [1.54, 1.807) is 13.2 Å². The Morgan fingerprint density at radius 3 is 2.82 bits per heavy atom. The normalized spacial score (nSPS) is 14.0. The highest BCUT2D eigenvalue weighted by molar-refractivity contribution is 7.84. The zero-order valence-electron chi connectivity index (χ0n) is 9.54. The summed E-state index contributed by atoms with van der Waals surface area (Å²) in [4.78, 5) is 14.0.